The Kier molecular flexibility index (Phi) is 4.63. The Balaban J connectivity index is 1.75. The molecule has 3 aliphatic heterocycles. The zero-order valence-corrected chi connectivity index (χ0v) is 15.2. The average molecular weight is 369 g/mol. The van der Waals surface area contributed by atoms with E-state index in [-0.39, 0.29) is 24.4 Å². The van der Waals surface area contributed by atoms with Crippen molar-refractivity contribution in [1.82, 2.24) is 30.6 Å². The van der Waals surface area contributed by atoms with E-state index in [1.165, 1.54) is 11.0 Å². The minimum Gasteiger partial charge on any atom is -0.346 e. The van der Waals surface area contributed by atoms with Crippen LogP contribution in [0.3, 0.4) is 0 Å². The van der Waals surface area contributed by atoms with Crippen LogP contribution in [0.5, 0.6) is 0 Å². The van der Waals surface area contributed by atoms with Gasteiger partial charge in [-0.05, 0) is 25.5 Å². The van der Waals surface area contributed by atoms with E-state index in [1.807, 2.05) is 13.2 Å². The van der Waals surface area contributed by atoms with Crippen LogP contribution >= 0.6 is 0 Å². The van der Waals surface area contributed by atoms with Crippen LogP contribution in [0.15, 0.2) is 41.3 Å². The first kappa shape index (κ1) is 17.6. The first-order valence-electron chi connectivity index (χ1n) is 9.09. The number of aromatic nitrogens is 2. The molecular weight excluding hydrogens is 346 g/mol. The minimum absolute atomic E-state index is 0.190. The molecule has 27 heavy (non-hydrogen) atoms. The average Bonchev–Trinajstić information content (AvgIpc) is 3.28. The summed E-state index contributed by atoms with van der Waals surface area (Å²) in [5.41, 5.74) is 2.36. The van der Waals surface area contributed by atoms with Gasteiger partial charge < -0.3 is 10.6 Å². The Hall–Kier alpha value is -2.78. The molecule has 3 aliphatic rings. The summed E-state index contributed by atoms with van der Waals surface area (Å²) < 4.78 is 1.67. The van der Waals surface area contributed by atoms with Crippen molar-refractivity contribution in [3.05, 3.63) is 41.9 Å². The molecule has 9 nitrogen and oxygen atoms in total. The fourth-order valence-electron chi connectivity index (χ4n) is 3.74. The molecule has 0 radical (unpaired) electrons. The Labute approximate surface area is 157 Å². The Bertz CT molecular complexity index is 848. The van der Waals surface area contributed by atoms with Gasteiger partial charge in [0.2, 0.25) is 0 Å². The van der Waals surface area contributed by atoms with E-state index in [0.29, 0.717) is 17.0 Å². The molecule has 1 aromatic heterocycles. The second-order valence-electron chi connectivity index (χ2n) is 6.88. The van der Waals surface area contributed by atoms with Gasteiger partial charge in [0.1, 0.15) is 0 Å². The number of nitrogens with one attached hydrogen (secondary N) is 3. The Morgan fingerprint density at radius 2 is 2.33 bits per heavy atom. The predicted molar refractivity (Wildman–Crippen MR) is 99.6 cm³/mol. The van der Waals surface area contributed by atoms with E-state index in [0.717, 1.165) is 31.5 Å². The summed E-state index contributed by atoms with van der Waals surface area (Å²) in [5, 5.41) is 13.8. The minimum atomic E-state index is -0.595. The zero-order valence-electron chi connectivity index (χ0n) is 15.2. The van der Waals surface area contributed by atoms with Gasteiger partial charge in [-0.3, -0.25) is 24.5 Å². The van der Waals surface area contributed by atoms with E-state index in [2.05, 4.69) is 27.6 Å². The molecule has 9 heteroatoms. The van der Waals surface area contributed by atoms with Gasteiger partial charge in [-0.15, -0.1) is 0 Å². The van der Waals surface area contributed by atoms with Crippen molar-refractivity contribution >= 4 is 17.5 Å². The maximum Gasteiger partial charge on any atom is 0.255 e. The summed E-state index contributed by atoms with van der Waals surface area (Å²) >= 11 is 0. The third kappa shape index (κ3) is 3.19. The first-order valence-corrected chi connectivity index (χ1v) is 9.09. The Morgan fingerprint density at radius 1 is 1.48 bits per heavy atom. The molecular formula is C18H23N7O2. The number of carbonyl (C=O) groups excluding carboxylic acids is 2. The molecule has 0 aliphatic carbocycles. The fourth-order valence-corrected chi connectivity index (χ4v) is 3.74. The van der Waals surface area contributed by atoms with Crippen LogP contribution in [0.1, 0.15) is 18.4 Å². The van der Waals surface area contributed by atoms with Crippen LogP contribution in [0, 0.1) is 0 Å². The van der Waals surface area contributed by atoms with Gasteiger partial charge in [-0.1, -0.05) is 6.58 Å². The molecule has 0 bridgehead atoms. The molecule has 4 heterocycles. The maximum atomic E-state index is 12.6. The highest BCUT2D eigenvalue weighted by molar-refractivity contribution is 6.30. The number of hydrogen-bond donors (Lipinski definition) is 3. The number of hydrogen-bond acceptors (Lipinski definition) is 6. The summed E-state index contributed by atoms with van der Waals surface area (Å²) in [5.74, 6) is -0.512. The lowest BCUT2D eigenvalue weighted by Crippen LogP contribution is -2.56. The SMILES string of the molecule is C=CC(=O)N1C2=C(C(=O)NC2)C(c2cnn(C)c2)=NC1NC1CCCNC1. The van der Waals surface area contributed by atoms with Crippen molar-refractivity contribution in [3.8, 4) is 0 Å². The normalized spacial score (nSPS) is 25.1. The smallest absolute Gasteiger partial charge is 0.255 e. The summed E-state index contributed by atoms with van der Waals surface area (Å²) in [6.45, 7) is 5.70. The summed E-state index contributed by atoms with van der Waals surface area (Å²) in [6, 6.07) is 0.190. The molecule has 4 rings (SSSR count). The molecule has 1 saturated heterocycles. The van der Waals surface area contributed by atoms with Crippen LogP contribution in [0.2, 0.25) is 0 Å². The number of amides is 2. The van der Waals surface area contributed by atoms with Crippen molar-refractivity contribution in [1.29, 1.82) is 0 Å². The summed E-state index contributed by atoms with van der Waals surface area (Å²) in [4.78, 5) is 31.4. The second-order valence-corrected chi connectivity index (χ2v) is 6.88. The van der Waals surface area contributed by atoms with Crippen LogP contribution < -0.4 is 16.0 Å². The van der Waals surface area contributed by atoms with Gasteiger partial charge in [0.25, 0.3) is 11.8 Å². The van der Waals surface area contributed by atoms with Crippen LogP contribution in [-0.2, 0) is 16.6 Å². The molecule has 3 N–H and O–H groups in total. The van der Waals surface area contributed by atoms with Crippen LogP contribution in [-0.4, -0.2) is 64.2 Å². The molecule has 142 valence electrons. The Morgan fingerprint density at radius 3 is 3.00 bits per heavy atom. The molecule has 2 atom stereocenters. The van der Waals surface area contributed by atoms with Gasteiger partial charge >= 0.3 is 0 Å². The monoisotopic (exact) mass is 369 g/mol. The molecule has 1 aromatic rings. The predicted octanol–water partition coefficient (Wildman–Crippen LogP) is -0.753. The lowest BCUT2D eigenvalue weighted by atomic mass is 10.0. The summed E-state index contributed by atoms with van der Waals surface area (Å²) in [6.07, 6.45) is 6.22. The summed E-state index contributed by atoms with van der Waals surface area (Å²) in [7, 11) is 1.81. The lowest BCUT2D eigenvalue weighted by Gasteiger charge is -2.37. The van der Waals surface area contributed by atoms with Gasteiger partial charge in [0.15, 0.2) is 6.29 Å². The van der Waals surface area contributed by atoms with Gasteiger partial charge in [0.05, 0.1) is 29.7 Å². The second kappa shape index (κ2) is 7.09. The van der Waals surface area contributed by atoms with Crippen LogP contribution in [0.25, 0.3) is 0 Å². The van der Waals surface area contributed by atoms with E-state index < -0.39 is 6.29 Å². The third-order valence-corrected chi connectivity index (χ3v) is 5.03. The number of carbonyl (C=O) groups is 2. The van der Waals surface area contributed by atoms with E-state index in [9.17, 15) is 9.59 Å². The number of rotatable bonds is 4. The van der Waals surface area contributed by atoms with Gasteiger partial charge in [-0.25, -0.2) is 4.99 Å². The number of aryl methyl sites for hydroxylation is 1. The van der Waals surface area contributed by atoms with E-state index >= 15 is 0 Å². The number of aliphatic imine (C=N–C) groups is 1. The standard InChI is InChI=1S/C18H23N7O2/c1-3-14(26)25-13-9-20-17(27)15(13)16(11-7-21-24(2)10-11)23-18(25)22-12-5-4-6-19-8-12/h3,7,10,12,18-19,22H,1,4-6,8-9H2,2H3,(H,20,27). The van der Waals surface area contributed by atoms with Gasteiger partial charge in [-0.2, -0.15) is 5.10 Å². The van der Waals surface area contributed by atoms with Crippen molar-refractivity contribution < 1.29 is 9.59 Å². The third-order valence-electron chi connectivity index (χ3n) is 5.03. The molecule has 1 fully saturated rings. The molecule has 2 amide bonds. The lowest BCUT2D eigenvalue weighted by molar-refractivity contribution is -0.126. The quantitative estimate of drug-likeness (QED) is 0.606. The largest absolute Gasteiger partial charge is 0.346 e. The van der Waals surface area contributed by atoms with Gasteiger partial charge in [0, 0.05) is 31.4 Å². The fraction of sp³-hybridized carbons (Fsp3) is 0.444. The van der Waals surface area contributed by atoms with E-state index in [1.54, 1.807) is 10.9 Å². The maximum absolute atomic E-state index is 12.6. The number of piperidine rings is 1. The van der Waals surface area contributed by atoms with Crippen LogP contribution in [0.4, 0.5) is 0 Å². The first-order chi connectivity index (χ1) is 13.1. The molecule has 0 saturated carbocycles. The number of nitrogens with zero attached hydrogens (tertiary/aromatic N) is 4. The molecule has 0 aromatic carbocycles. The van der Waals surface area contributed by atoms with Crippen molar-refractivity contribution in [2.45, 2.75) is 25.2 Å². The highest BCUT2D eigenvalue weighted by atomic mass is 16.2. The van der Waals surface area contributed by atoms with E-state index in [4.69, 9.17) is 4.99 Å². The molecule has 0 spiro atoms. The highest BCUT2D eigenvalue weighted by Crippen LogP contribution is 2.28. The van der Waals surface area contributed by atoms with Crippen molar-refractivity contribution in [3.63, 3.8) is 0 Å². The highest BCUT2D eigenvalue weighted by Gasteiger charge is 2.40. The van der Waals surface area contributed by atoms with Crippen molar-refractivity contribution in [2.75, 3.05) is 19.6 Å². The van der Waals surface area contributed by atoms with Crippen molar-refractivity contribution in [2.24, 2.45) is 12.0 Å². The molecule has 2 unspecified atom stereocenters. The zero-order chi connectivity index (χ0) is 19.0. The topological polar surface area (TPSA) is 104 Å².